The van der Waals surface area contributed by atoms with E-state index >= 15 is 0 Å². The Bertz CT molecular complexity index is 319. The van der Waals surface area contributed by atoms with Gasteiger partial charge in [0.2, 0.25) is 0 Å². The Balaban J connectivity index is 1.90. The molecule has 0 saturated carbocycles. The molecule has 0 heterocycles. The molecule has 0 aliphatic rings. The van der Waals surface area contributed by atoms with Gasteiger partial charge in [-0.2, -0.15) is 0 Å². The van der Waals surface area contributed by atoms with Crippen molar-refractivity contribution < 1.29 is 0 Å². The summed E-state index contributed by atoms with van der Waals surface area (Å²) in [4.78, 5) is 1.15. The van der Waals surface area contributed by atoms with E-state index in [2.05, 4.69) is 43.8 Å². The highest BCUT2D eigenvalue weighted by molar-refractivity contribution is 7.80. The van der Waals surface area contributed by atoms with Crippen LogP contribution < -0.4 is 0 Å². The lowest BCUT2D eigenvalue weighted by molar-refractivity contribution is 0.556. The quantitative estimate of drug-likeness (QED) is 0.349. The Labute approximate surface area is 125 Å². The normalized spacial score (nSPS) is 10.8. The highest BCUT2D eigenvalue weighted by Gasteiger charge is 1.97. The van der Waals surface area contributed by atoms with Crippen LogP contribution in [-0.2, 0) is 6.42 Å². The van der Waals surface area contributed by atoms with Crippen molar-refractivity contribution >= 4 is 12.6 Å². The van der Waals surface area contributed by atoms with Gasteiger partial charge in [0.1, 0.15) is 0 Å². The van der Waals surface area contributed by atoms with Crippen LogP contribution in [0.5, 0.6) is 0 Å². The molecule has 0 atom stereocenters. The second kappa shape index (κ2) is 11.4. The largest absolute Gasteiger partial charge is 0.143 e. The number of thiol groups is 1. The molecule has 0 aromatic heterocycles. The fraction of sp³-hybridized carbons (Fsp3) is 0.667. The van der Waals surface area contributed by atoms with Crippen molar-refractivity contribution in [2.24, 2.45) is 0 Å². The molecule has 0 radical (unpaired) electrons. The smallest absolute Gasteiger partial charge is 0.00720 e. The molecule has 0 unspecified atom stereocenters. The first-order valence-electron chi connectivity index (χ1n) is 8.11. The topological polar surface area (TPSA) is 0 Å². The van der Waals surface area contributed by atoms with Crippen LogP contribution in [0, 0.1) is 0 Å². The lowest BCUT2D eigenvalue weighted by atomic mass is 10.0. The summed E-state index contributed by atoms with van der Waals surface area (Å²) >= 11 is 4.50. The van der Waals surface area contributed by atoms with E-state index in [1.165, 1.54) is 76.2 Å². The molecule has 0 N–H and O–H groups in total. The molecule has 1 rings (SSSR count). The zero-order valence-corrected chi connectivity index (χ0v) is 13.4. The summed E-state index contributed by atoms with van der Waals surface area (Å²) in [6, 6.07) is 8.47. The average molecular weight is 279 g/mol. The summed E-state index contributed by atoms with van der Waals surface area (Å²) in [5, 5.41) is 0. The minimum atomic E-state index is 1.15. The summed E-state index contributed by atoms with van der Waals surface area (Å²) in [6.45, 7) is 2.28. The van der Waals surface area contributed by atoms with E-state index in [9.17, 15) is 0 Å². The van der Waals surface area contributed by atoms with Gasteiger partial charge in [-0.3, -0.25) is 0 Å². The van der Waals surface area contributed by atoms with Gasteiger partial charge in [0.05, 0.1) is 0 Å². The Morgan fingerprint density at radius 1 is 0.737 bits per heavy atom. The summed E-state index contributed by atoms with van der Waals surface area (Å²) in [5.41, 5.74) is 1.41. The lowest BCUT2D eigenvalue weighted by Crippen LogP contribution is -1.88. The Kier molecular flexibility index (Phi) is 9.98. The number of hydrogen-bond donors (Lipinski definition) is 1. The molecule has 0 spiro atoms. The highest BCUT2D eigenvalue weighted by Crippen LogP contribution is 2.17. The van der Waals surface area contributed by atoms with Crippen LogP contribution in [-0.4, -0.2) is 0 Å². The summed E-state index contributed by atoms with van der Waals surface area (Å²) < 4.78 is 0. The standard InChI is InChI=1S/C18H30S/c1-2-3-4-5-6-7-8-9-10-11-14-17-15-12-13-16-18(17)19/h12-13,15-16,19H,2-11,14H2,1H3. The Hall–Kier alpha value is -0.430. The molecular formula is C18H30S. The van der Waals surface area contributed by atoms with Crippen LogP contribution in [0.15, 0.2) is 29.2 Å². The third-order valence-corrected chi connectivity index (χ3v) is 4.23. The van der Waals surface area contributed by atoms with E-state index in [0.717, 1.165) is 4.90 Å². The van der Waals surface area contributed by atoms with Gasteiger partial charge in [0.25, 0.3) is 0 Å². The first kappa shape index (κ1) is 16.6. The van der Waals surface area contributed by atoms with Gasteiger partial charge in [-0.05, 0) is 24.5 Å². The van der Waals surface area contributed by atoms with Crippen LogP contribution >= 0.6 is 12.6 Å². The van der Waals surface area contributed by atoms with Gasteiger partial charge >= 0.3 is 0 Å². The van der Waals surface area contributed by atoms with Gasteiger partial charge in [0.15, 0.2) is 0 Å². The van der Waals surface area contributed by atoms with E-state index in [1.807, 2.05) is 0 Å². The fourth-order valence-corrected chi connectivity index (χ4v) is 2.80. The number of rotatable bonds is 11. The third-order valence-electron chi connectivity index (χ3n) is 3.79. The Morgan fingerprint density at radius 2 is 1.26 bits per heavy atom. The molecule has 1 aromatic rings. The number of hydrogen-bond acceptors (Lipinski definition) is 1. The van der Waals surface area contributed by atoms with Crippen LogP contribution in [0.2, 0.25) is 0 Å². The predicted octanol–water partition coefficient (Wildman–Crippen LogP) is 6.44. The average Bonchev–Trinajstić information content (AvgIpc) is 2.43. The molecule has 0 nitrogen and oxygen atoms in total. The molecule has 19 heavy (non-hydrogen) atoms. The van der Waals surface area contributed by atoms with E-state index in [4.69, 9.17) is 0 Å². The van der Waals surface area contributed by atoms with E-state index in [1.54, 1.807) is 0 Å². The maximum absolute atomic E-state index is 4.50. The molecule has 108 valence electrons. The first-order valence-corrected chi connectivity index (χ1v) is 8.56. The number of aryl methyl sites for hydroxylation is 1. The third kappa shape index (κ3) is 8.36. The van der Waals surface area contributed by atoms with Crippen LogP contribution in [0.1, 0.15) is 76.7 Å². The second-order valence-electron chi connectivity index (χ2n) is 5.56. The molecular weight excluding hydrogens is 248 g/mol. The van der Waals surface area contributed by atoms with Gasteiger partial charge in [-0.25, -0.2) is 0 Å². The van der Waals surface area contributed by atoms with Crippen LogP contribution in [0.4, 0.5) is 0 Å². The van der Waals surface area contributed by atoms with E-state index in [-0.39, 0.29) is 0 Å². The molecule has 0 aliphatic carbocycles. The molecule has 1 aromatic carbocycles. The molecule has 0 saturated heterocycles. The van der Waals surface area contributed by atoms with Crippen LogP contribution in [0.25, 0.3) is 0 Å². The second-order valence-corrected chi connectivity index (χ2v) is 6.04. The zero-order chi connectivity index (χ0) is 13.8. The monoisotopic (exact) mass is 278 g/mol. The fourth-order valence-electron chi connectivity index (χ4n) is 2.53. The Morgan fingerprint density at radius 3 is 1.84 bits per heavy atom. The maximum Gasteiger partial charge on any atom is 0.00720 e. The highest BCUT2D eigenvalue weighted by atomic mass is 32.1. The molecule has 0 fully saturated rings. The molecule has 1 heteroatoms. The summed E-state index contributed by atoms with van der Waals surface area (Å²) in [5.74, 6) is 0. The van der Waals surface area contributed by atoms with Crippen molar-refractivity contribution in [1.82, 2.24) is 0 Å². The van der Waals surface area contributed by atoms with Gasteiger partial charge in [-0.15, -0.1) is 12.6 Å². The lowest BCUT2D eigenvalue weighted by Gasteiger charge is -2.05. The van der Waals surface area contributed by atoms with Crippen molar-refractivity contribution in [3.05, 3.63) is 29.8 Å². The van der Waals surface area contributed by atoms with Gasteiger partial charge in [0, 0.05) is 4.90 Å². The number of unbranched alkanes of at least 4 members (excludes halogenated alkanes) is 9. The minimum absolute atomic E-state index is 1.15. The first-order chi connectivity index (χ1) is 9.34. The van der Waals surface area contributed by atoms with Crippen molar-refractivity contribution in [3.63, 3.8) is 0 Å². The van der Waals surface area contributed by atoms with Gasteiger partial charge in [-0.1, -0.05) is 82.9 Å². The van der Waals surface area contributed by atoms with Crippen LogP contribution in [0.3, 0.4) is 0 Å². The summed E-state index contributed by atoms with van der Waals surface area (Å²) in [6.07, 6.45) is 15.2. The number of benzene rings is 1. The molecule has 0 bridgehead atoms. The van der Waals surface area contributed by atoms with Gasteiger partial charge < -0.3 is 0 Å². The zero-order valence-electron chi connectivity index (χ0n) is 12.5. The molecule has 0 amide bonds. The van der Waals surface area contributed by atoms with E-state index in [0.29, 0.717) is 0 Å². The SMILES string of the molecule is CCCCCCCCCCCCc1ccccc1S. The van der Waals surface area contributed by atoms with Crippen molar-refractivity contribution in [2.75, 3.05) is 0 Å². The summed E-state index contributed by atoms with van der Waals surface area (Å²) in [7, 11) is 0. The van der Waals surface area contributed by atoms with Crippen molar-refractivity contribution in [3.8, 4) is 0 Å². The van der Waals surface area contributed by atoms with Crippen molar-refractivity contribution in [2.45, 2.75) is 82.4 Å². The maximum atomic E-state index is 4.50. The minimum Gasteiger partial charge on any atom is -0.143 e. The van der Waals surface area contributed by atoms with Crippen molar-refractivity contribution in [1.29, 1.82) is 0 Å². The molecule has 0 aliphatic heterocycles. The van der Waals surface area contributed by atoms with E-state index < -0.39 is 0 Å². The predicted molar refractivity (Wildman–Crippen MR) is 89.2 cm³/mol.